The van der Waals surface area contributed by atoms with Crippen molar-refractivity contribution in [1.82, 2.24) is 19.7 Å². The first kappa shape index (κ1) is 12.7. The van der Waals surface area contributed by atoms with Crippen LogP contribution in [0.5, 0.6) is 0 Å². The Morgan fingerprint density at radius 3 is 3.05 bits per heavy atom. The number of hydrogen-bond acceptors (Lipinski definition) is 4. The van der Waals surface area contributed by atoms with Gasteiger partial charge in [0.1, 0.15) is 4.60 Å². The van der Waals surface area contributed by atoms with Gasteiger partial charge in [0.15, 0.2) is 5.65 Å². The van der Waals surface area contributed by atoms with Crippen LogP contribution in [0, 0.1) is 5.92 Å². The fourth-order valence-electron chi connectivity index (χ4n) is 3.00. The van der Waals surface area contributed by atoms with E-state index in [1.807, 2.05) is 12.4 Å². The summed E-state index contributed by atoms with van der Waals surface area (Å²) in [5.41, 5.74) is 2.04. The van der Waals surface area contributed by atoms with E-state index in [-0.39, 0.29) is 0 Å². The summed E-state index contributed by atoms with van der Waals surface area (Å²) in [6.45, 7) is 1.70. The lowest BCUT2D eigenvalue weighted by molar-refractivity contribution is 0.0808. The molecule has 2 fully saturated rings. The van der Waals surface area contributed by atoms with Gasteiger partial charge in [-0.1, -0.05) is 0 Å². The van der Waals surface area contributed by atoms with Crippen LogP contribution in [0.15, 0.2) is 23.2 Å². The summed E-state index contributed by atoms with van der Waals surface area (Å²) in [5, 5.41) is 3.65. The summed E-state index contributed by atoms with van der Waals surface area (Å²) in [6, 6.07) is 0.485. The Kier molecular flexibility index (Phi) is 3.24. The summed E-state index contributed by atoms with van der Waals surface area (Å²) in [7, 11) is 0. The smallest absolute Gasteiger partial charge is 0.155 e. The van der Waals surface area contributed by atoms with E-state index in [1.165, 1.54) is 12.8 Å². The molecule has 20 heavy (non-hydrogen) atoms. The second kappa shape index (κ2) is 5.09. The maximum absolute atomic E-state index is 5.86. The minimum absolute atomic E-state index is 0.419. The molecule has 0 spiro atoms. The van der Waals surface area contributed by atoms with Gasteiger partial charge in [0.25, 0.3) is 0 Å². The quantitative estimate of drug-likeness (QED) is 0.929. The molecule has 106 valence electrons. The van der Waals surface area contributed by atoms with Crippen molar-refractivity contribution in [3.8, 4) is 0 Å². The largest absolute Gasteiger partial charge is 0.376 e. The van der Waals surface area contributed by atoms with Crippen LogP contribution in [0.1, 0.15) is 25.0 Å². The molecule has 0 radical (unpaired) electrons. The Hall–Kier alpha value is -0.980. The van der Waals surface area contributed by atoms with Crippen molar-refractivity contribution in [2.75, 3.05) is 6.61 Å². The standard InChI is InChI=1S/C14H17BrN4O/c15-12-8-19-10(6-18-13(19)7-17-12)5-16-11-3-4-20-14(11)9-1-2-9/h6-9,11,14,16H,1-5H2. The molecule has 1 aliphatic carbocycles. The maximum Gasteiger partial charge on any atom is 0.155 e. The van der Waals surface area contributed by atoms with Gasteiger partial charge in [-0.15, -0.1) is 0 Å². The van der Waals surface area contributed by atoms with Gasteiger partial charge in [0.2, 0.25) is 0 Å². The average Bonchev–Trinajstić information content (AvgIpc) is 3.06. The molecule has 0 bridgehead atoms. The van der Waals surface area contributed by atoms with Gasteiger partial charge < -0.3 is 10.1 Å². The van der Waals surface area contributed by atoms with Gasteiger partial charge in [-0.25, -0.2) is 9.97 Å². The summed E-state index contributed by atoms with van der Waals surface area (Å²) >= 11 is 3.41. The second-order valence-electron chi connectivity index (χ2n) is 5.64. The third-order valence-corrected chi connectivity index (χ3v) is 4.62. The predicted octanol–water partition coefficient (Wildman–Crippen LogP) is 2.15. The predicted molar refractivity (Wildman–Crippen MR) is 78.4 cm³/mol. The van der Waals surface area contributed by atoms with E-state index in [0.717, 1.165) is 41.4 Å². The Morgan fingerprint density at radius 1 is 1.30 bits per heavy atom. The van der Waals surface area contributed by atoms with Crippen LogP contribution in [0.25, 0.3) is 5.65 Å². The van der Waals surface area contributed by atoms with E-state index in [4.69, 9.17) is 4.74 Å². The number of imidazole rings is 1. The van der Waals surface area contributed by atoms with Crippen LogP contribution in [0.2, 0.25) is 0 Å². The molecule has 0 amide bonds. The molecule has 6 heteroatoms. The van der Waals surface area contributed by atoms with Crippen LogP contribution in [0.4, 0.5) is 0 Å². The Bertz CT molecular complexity index is 625. The highest BCUT2D eigenvalue weighted by molar-refractivity contribution is 9.10. The average molecular weight is 337 g/mol. The van der Waals surface area contributed by atoms with Crippen LogP contribution in [0.3, 0.4) is 0 Å². The second-order valence-corrected chi connectivity index (χ2v) is 6.45. The number of fused-ring (bicyclic) bond motifs is 1. The molecule has 2 unspecified atom stereocenters. The van der Waals surface area contributed by atoms with Crippen LogP contribution in [-0.2, 0) is 11.3 Å². The molecule has 1 aliphatic heterocycles. The van der Waals surface area contributed by atoms with Crippen LogP contribution >= 0.6 is 15.9 Å². The van der Waals surface area contributed by atoms with E-state index in [0.29, 0.717) is 12.1 Å². The SMILES string of the molecule is Brc1cn2c(CNC3CCOC3C3CC3)cnc2cn1. The van der Waals surface area contributed by atoms with Gasteiger partial charge in [0.05, 0.1) is 24.2 Å². The molecule has 5 nitrogen and oxygen atoms in total. The monoisotopic (exact) mass is 336 g/mol. The van der Waals surface area contributed by atoms with E-state index in [9.17, 15) is 0 Å². The molecular formula is C14H17BrN4O. The summed E-state index contributed by atoms with van der Waals surface area (Å²) in [4.78, 5) is 8.57. The summed E-state index contributed by atoms with van der Waals surface area (Å²) < 4.78 is 8.76. The Morgan fingerprint density at radius 2 is 2.20 bits per heavy atom. The molecular weight excluding hydrogens is 320 g/mol. The first-order chi connectivity index (χ1) is 9.81. The fraction of sp³-hybridized carbons (Fsp3) is 0.571. The molecule has 2 aliphatic rings. The molecule has 2 aromatic rings. The lowest BCUT2D eigenvalue weighted by atomic mass is 10.1. The van der Waals surface area contributed by atoms with Crippen molar-refractivity contribution < 1.29 is 4.74 Å². The van der Waals surface area contributed by atoms with E-state index < -0.39 is 0 Å². The zero-order chi connectivity index (χ0) is 13.5. The Balaban J connectivity index is 1.48. The molecule has 1 saturated carbocycles. The normalized spacial score (nSPS) is 26.4. The molecule has 4 rings (SSSR count). The zero-order valence-corrected chi connectivity index (χ0v) is 12.7. The molecule has 2 aromatic heterocycles. The number of halogens is 1. The van der Waals surface area contributed by atoms with Crippen molar-refractivity contribution in [1.29, 1.82) is 0 Å². The molecule has 1 saturated heterocycles. The lowest BCUT2D eigenvalue weighted by Gasteiger charge is -2.19. The zero-order valence-electron chi connectivity index (χ0n) is 11.1. The number of nitrogens with one attached hydrogen (secondary N) is 1. The summed E-state index contributed by atoms with van der Waals surface area (Å²) in [5.74, 6) is 0.788. The third-order valence-electron chi connectivity index (χ3n) is 4.21. The fourth-order valence-corrected chi connectivity index (χ4v) is 3.31. The highest BCUT2D eigenvalue weighted by atomic mass is 79.9. The number of hydrogen-bond donors (Lipinski definition) is 1. The first-order valence-electron chi connectivity index (χ1n) is 7.14. The van der Waals surface area contributed by atoms with E-state index in [2.05, 4.69) is 35.6 Å². The van der Waals surface area contributed by atoms with Crippen molar-refractivity contribution >= 4 is 21.6 Å². The first-order valence-corrected chi connectivity index (χ1v) is 7.93. The van der Waals surface area contributed by atoms with Gasteiger partial charge in [-0.3, -0.25) is 4.40 Å². The highest BCUT2D eigenvalue weighted by Gasteiger charge is 2.40. The van der Waals surface area contributed by atoms with Crippen LogP contribution in [-0.4, -0.2) is 33.1 Å². The maximum atomic E-state index is 5.86. The number of rotatable bonds is 4. The molecule has 1 N–H and O–H groups in total. The third kappa shape index (κ3) is 2.36. The summed E-state index contributed by atoms with van der Waals surface area (Å²) in [6.07, 6.45) is 9.85. The minimum Gasteiger partial charge on any atom is -0.376 e. The minimum atomic E-state index is 0.419. The number of nitrogens with zero attached hydrogens (tertiary/aromatic N) is 3. The van der Waals surface area contributed by atoms with Gasteiger partial charge >= 0.3 is 0 Å². The lowest BCUT2D eigenvalue weighted by Crippen LogP contribution is -2.37. The van der Waals surface area contributed by atoms with Gasteiger partial charge in [-0.05, 0) is 41.1 Å². The van der Waals surface area contributed by atoms with Crippen molar-refractivity contribution in [3.05, 3.63) is 28.9 Å². The highest BCUT2D eigenvalue weighted by Crippen LogP contribution is 2.38. The Labute approximate surface area is 125 Å². The van der Waals surface area contributed by atoms with E-state index in [1.54, 1.807) is 6.20 Å². The van der Waals surface area contributed by atoms with Gasteiger partial charge in [-0.2, -0.15) is 0 Å². The van der Waals surface area contributed by atoms with Crippen molar-refractivity contribution in [3.63, 3.8) is 0 Å². The number of aromatic nitrogens is 3. The van der Waals surface area contributed by atoms with Crippen molar-refractivity contribution in [2.45, 2.75) is 38.0 Å². The van der Waals surface area contributed by atoms with E-state index >= 15 is 0 Å². The molecule has 2 atom stereocenters. The van der Waals surface area contributed by atoms with Gasteiger partial charge in [0, 0.05) is 25.4 Å². The topological polar surface area (TPSA) is 51.5 Å². The molecule has 0 aromatic carbocycles. The molecule has 3 heterocycles. The van der Waals surface area contributed by atoms with Crippen molar-refractivity contribution in [2.24, 2.45) is 5.92 Å². The number of ether oxygens (including phenoxy) is 1. The van der Waals surface area contributed by atoms with Crippen LogP contribution < -0.4 is 5.32 Å².